The standard InChI is InChI=1S/C22H23FN2O/c1-25-9-8-22(14-4-2-5-16(26)10-14)12-20-18(11-15(22)13-25)17-6-3-7-19(23)21(17)24-20/h2-7,10,15,24,26H,8-9,11-13H2,1H3. The van der Waals surface area contributed by atoms with E-state index < -0.39 is 0 Å². The van der Waals surface area contributed by atoms with E-state index in [9.17, 15) is 9.50 Å². The van der Waals surface area contributed by atoms with Gasteiger partial charge in [0, 0.05) is 23.0 Å². The lowest BCUT2D eigenvalue weighted by atomic mass is 9.59. The minimum atomic E-state index is -0.177. The van der Waals surface area contributed by atoms with Crippen molar-refractivity contribution >= 4 is 10.9 Å². The van der Waals surface area contributed by atoms with Gasteiger partial charge in [0.25, 0.3) is 0 Å². The number of aromatic nitrogens is 1. The number of para-hydroxylation sites is 1. The van der Waals surface area contributed by atoms with Crippen LogP contribution in [0.15, 0.2) is 42.5 Å². The Morgan fingerprint density at radius 2 is 2.08 bits per heavy atom. The number of aromatic amines is 1. The van der Waals surface area contributed by atoms with Gasteiger partial charge in [-0.2, -0.15) is 0 Å². The molecule has 0 bridgehead atoms. The SMILES string of the molecule is CN1CCC2(c3cccc(O)c3)Cc3[nH]c4c(F)cccc4c3CC2C1. The van der Waals surface area contributed by atoms with E-state index in [1.54, 1.807) is 12.1 Å². The van der Waals surface area contributed by atoms with Gasteiger partial charge in [-0.15, -0.1) is 0 Å². The van der Waals surface area contributed by atoms with Gasteiger partial charge in [0.05, 0.1) is 5.52 Å². The Bertz CT molecular complexity index is 995. The third-order valence-electron chi connectivity index (χ3n) is 6.60. The van der Waals surface area contributed by atoms with Crippen LogP contribution in [0.2, 0.25) is 0 Å². The number of benzene rings is 2. The van der Waals surface area contributed by atoms with Gasteiger partial charge in [0.2, 0.25) is 0 Å². The summed E-state index contributed by atoms with van der Waals surface area (Å²) >= 11 is 0. The molecule has 5 rings (SSSR count). The van der Waals surface area contributed by atoms with Gasteiger partial charge in [0.1, 0.15) is 11.6 Å². The summed E-state index contributed by atoms with van der Waals surface area (Å²) in [6.45, 7) is 2.06. The molecule has 2 aliphatic rings. The summed E-state index contributed by atoms with van der Waals surface area (Å²) in [6, 6.07) is 13.1. The third kappa shape index (κ3) is 2.21. The van der Waals surface area contributed by atoms with Crippen LogP contribution >= 0.6 is 0 Å². The topological polar surface area (TPSA) is 39.3 Å². The van der Waals surface area contributed by atoms with Crippen LogP contribution in [0, 0.1) is 11.7 Å². The summed E-state index contributed by atoms with van der Waals surface area (Å²) in [5.41, 5.74) is 4.27. The van der Waals surface area contributed by atoms with E-state index in [2.05, 4.69) is 23.0 Å². The molecule has 1 aromatic heterocycles. The van der Waals surface area contributed by atoms with Crippen molar-refractivity contribution in [1.29, 1.82) is 0 Å². The first-order chi connectivity index (χ1) is 12.6. The Balaban J connectivity index is 1.69. The molecule has 2 aromatic carbocycles. The van der Waals surface area contributed by atoms with Gasteiger partial charge in [-0.05, 0) is 68.1 Å². The van der Waals surface area contributed by atoms with E-state index in [-0.39, 0.29) is 11.2 Å². The van der Waals surface area contributed by atoms with Crippen LogP contribution in [0.25, 0.3) is 10.9 Å². The quantitative estimate of drug-likeness (QED) is 0.696. The van der Waals surface area contributed by atoms with Gasteiger partial charge in [0.15, 0.2) is 0 Å². The maximum Gasteiger partial charge on any atom is 0.147 e. The number of nitrogens with zero attached hydrogens (tertiary/aromatic N) is 1. The Morgan fingerprint density at radius 3 is 2.92 bits per heavy atom. The Labute approximate surface area is 152 Å². The first-order valence-electron chi connectivity index (χ1n) is 9.33. The average molecular weight is 350 g/mol. The van der Waals surface area contributed by atoms with Crippen LogP contribution in [0.5, 0.6) is 5.75 Å². The normalized spacial score (nSPS) is 25.8. The molecule has 134 valence electrons. The molecule has 2 unspecified atom stereocenters. The molecule has 4 heteroatoms. The zero-order chi connectivity index (χ0) is 17.9. The molecule has 26 heavy (non-hydrogen) atoms. The molecule has 0 amide bonds. The van der Waals surface area contributed by atoms with Gasteiger partial charge in [-0.1, -0.05) is 24.3 Å². The van der Waals surface area contributed by atoms with Crippen LogP contribution in [-0.4, -0.2) is 35.1 Å². The average Bonchev–Trinajstić information content (AvgIpc) is 2.99. The number of piperidine rings is 1. The second-order valence-electron chi connectivity index (χ2n) is 8.04. The van der Waals surface area contributed by atoms with Crippen molar-refractivity contribution in [2.75, 3.05) is 20.1 Å². The molecule has 0 radical (unpaired) electrons. The van der Waals surface area contributed by atoms with E-state index in [0.717, 1.165) is 43.4 Å². The molecule has 1 aliphatic heterocycles. The minimum absolute atomic E-state index is 0.00436. The lowest BCUT2D eigenvalue weighted by Gasteiger charge is -2.50. The molecule has 2 N–H and O–H groups in total. The minimum Gasteiger partial charge on any atom is -0.508 e. The number of aromatic hydroxyl groups is 1. The van der Waals surface area contributed by atoms with Crippen molar-refractivity contribution in [3.63, 3.8) is 0 Å². The molecule has 1 fully saturated rings. The number of nitrogens with one attached hydrogen (secondary N) is 1. The third-order valence-corrected chi connectivity index (χ3v) is 6.60. The highest BCUT2D eigenvalue weighted by Gasteiger charge is 2.47. The van der Waals surface area contributed by atoms with Gasteiger partial charge in [-0.25, -0.2) is 4.39 Å². The summed E-state index contributed by atoms with van der Waals surface area (Å²) in [6.07, 6.45) is 2.87. The van der Waals surface area contributed by atoms with Gasteiger partial charge >= 0.3 is 0 Å². The first-order valence-corrected chi connectivity index (χ1v) is 9.33. The van der Waals surface area contributed by atoms with Crippen LogP contribution < -0.4 is 0 Å². The molecule has 2 atom stereocenters. The molecule has 0 saturated carbocycles. The van der Waals surface area contributed by atoms with Crippen molar-refractivity contribution in [2.24, 2.45) is 5.92 Å². The smallest absolute Gasteiger partial charge is 0.147 e. The molecule has 3 nitrogen and oxygen atoms in total. The van der Waals surface area contributed by atoms with Crippen molar-refractivity contribution < 1.29 is 9.50 Å². The molecule has 0 spiro atoms. The predicted molar refractivity (Wildman–Crippen MR) is 101 cm³/mol. The highest BCUT2D eigenvalue weighted by atomic mass is 19.1. The molecule has 1 saturated heterocycles. The number of rotatable bonds is 1. The molecule has 3 aromatic rings. The number of fused-ring (bicyclic) bond motifs is 4. The van der Waals surface area contributed by atoms with E-state index >= 15 is 0 Å². The maximum absolute atomic E-state index is 14.3. The number of phenols is 1. The maximum atomic E-state index is 14.3. The van der Waals surface area contributed by atoms with Crippen molar-refractivity contribution in [1.82, 2.24) is 9.88 Å². The largest absolute Gasteiger partial charge is 0.508 e. The van der Waals surface area contributed by atoms with Crippen molar-refractivity contribution in [3.05, 3.63) is 65.1 Å². The van der Waals surface area contributed by atoms with Crippen LogP contribution in [0.3, 0.4) is 0 Å². The number of likely N-dealkylation sites (tertiary alicyclic amines) is 1. The van der Waals surface area contributed by atoms with Crippen molar-refractivity contribution in [2.45, 2.75) is 24.7 Å². The fraction of sp³-hybridized carbons (Fsp3) is 0.364. The summed E-state index contributed by atoms with van der Waals surface area (Å²) in [5, 5.41) is 11.1. The number of hydrogen-bond donors (Lipinski definition) is 2. The Hall–Kier alpha value is -2.33. The van der Waals surface area contributed by atoms with Crippen LogP contribution in [0.1, 0.15) is 23.2 Å². The molecular weight excluding hydrogens is 327 g/mol. The first kappa shape index (κ1) is 15.9. The zero-order valence-electron chi connectivity index (χ0n) is 14.9. The highest BCUT2D eigenvalue weighted by Crippen LogP contribution is 2.49. The van der Waals surface area contributed by atoms with Gasteiger partial charge in [-0.3, -0.25) is 0 Å². The van der Waals surface area contributed by atoms with E-state index in [1.807, 2.05) is 18.2 Å². The molecule has 2 heterocycles. The lowest BCUT2D eigenvalue weighted by molar-refractivity contribution is 0.0994. The second kappa shape index (κ2) is 5.58. The predicted octanol–water partition coefficient (Wildman–Crippen LogP) is 4.00. The highest BCUT2D eigenvalue weighted by molar-refractivity contribution is 5.85. The van der Waals surface area contributed by atoms with Crippen molar-refractivity contribution in [3.8, 4) is 5.75 Å². The Morgan fingerprint density at radius 1 is 1.23 bits per heavy atom. The zero-order valence-corrected chi connectivity index (χ0v) is 14.9. The number of H-pyrrole nitrogens is 1. The molecular formula is C22H23FN2O. The lowest BCUT2D eigenvalue weighted by Crippen LogP contribution is -2.52. The summed E-state index contributed by atoms with van der Waals surface area (Å²) in [7, 11) is 2.18. The van der Waals surface area contributed by atoms with E-state index in [4.69, 9.17) is 0 Å². The summed E-state index contributed by atoms with van der Waals surface area (Å²) < 4.78 is 14.3. The number of halogens is 1. The molecule has 1 aliphatic carbocycles. The fourth-order valence-electron chi connectivity index (χ4n) is 5.26. The van der Waals surface area contributed by atoms with E-state index in [1.165, 1.54) is 17.2 Å². The fourth-order valence-corrected chi connectivity index (χ4v) is 5.26. The Kier molecular flexibility index (Phi) is 3.41. The second-order valence-corrected chi connectivity index (χ2v) is 8.04. The van der Waals surface area contributed by atoms with Gasteiger partial charge < -0.3 is 15.0 Å². The van der Waals surface area contributed by atoms with E-state index in [0.29, 0.717) is 17.2 Å². The van der Waals surface area contributed by atoms with Crippen LogP contribution in [0.4, 0.5) is 4.39 Å². The van der Waals surface area contributed by atoms with Crippen LogP contribution in [-0.2, 0) is 18.3 Å². The number of phenolic OH excluding ortho intramolecular Hbond substituents is 1. The summed E-state index contributed by atoms with van der Waals surface area (Å²) in [4.78, 5) is 5.78. The number of hydrogen-bond acceptors (Lipinski definition) is 2. The monoisotopic (exact) mass is 350 g/mol. The summed E-state index contributed by atoms with van der Waals surface area (Å²) in [5.74, 6) is 0.601.